The molecular formula is C12H15FO3. The van der Waals surface area contributed by atoms with Crippen LogP contribution in [-0.2, 0) is 12.1 Å². The topological polar surface area (TPSA) is 38.7 Å². The highest BCUT2D eigenvalue weighted by Crippen LogP contribution is 2.42. The molecule has 4 heteroatoms. The van der Waals surface area contributed by atoms with E-state index >= 15 is 0 Å². The van der Waals surface area contributed by atoms with Crippen molar-refractivity contribution in [1.29, 1.82) is 0 Å². The Bertz CT molecular complexity index is 401. The van der Waals surface area contributed by atoms with E-state index in [9.17, 15) is 9.50 Å². The first-order chi connectivity index (χ1) is 7.58. The molecule has 0 aromatic heterocycles. The average Bonchev–Trinajstić information content (AvgIpc) is 2.75. The maximum atomic E-state index is 12.7. The van der Waals surface area contributed by atoms with Crippen LogP contribution in [-0.4, -0.2) is 18.5 Å². The van der Waals surface area contributed by atoms with E-state index in [-0.39, 0.29) is 13.4 Å². The van der Waals surface area contributed by atoms with Crippen molar-refractivity contribution in [2.45, 2.75) is 25.9 Å². The smallest absolute Gasteiger partial charge is 0.231 e. The first-order valence-electron chi connectivity index (χ1n) is 5.18. The maximum Gasteiger partial charge on any atom is 0.231 e. The van der Waals surface area contributed by atoms with Gasteiger partial charge >= 0.3 is 0 Å². The van der Waals surface area contributed by atoms with E-state index in [1.54, 1.807) is 12.1 Å². The van der Waals surface area contributed by atoms with E-state index in [1.165, 1.54) is 0 Å². The van der Waals surface area contributed by atoms with Gasteiger partial charge in [0.15, 0.2) is 11.5 Å². The number of halogens is 1. The lowest BCUT2D eigenvalue weighted by molar-refractivity contribution is 0.169. The lowest BCUT2D eigenvalue weighted by Gasteiger charge is -2.24. The largest absolute Gasteiger partial charge is 0.454 e. The molecule has 1 aromatic carbocycles. The van der Waals surface area contributed by atoms with Gasteiger partial charge in [0.2, 0.25) is 6.79 Å². The average molecular weight is 226 g/mol. The van der Waals surface area contributed by atoms with Gasteiger partial charge in [0, 0.05) is 11.0 Å². The van der Waals surface area contributed by atoms with Crippen LogP contribution in [0.1, 0.15) is 25.0 Å². The predicted octanol–water partition coefficient (Wildman–Crippen LogP) is 2.15. The molecule has 0 fully saturated rings. The molecular weight excluding hydrogens is 211 g/mol. The lowest BCUT2D eigenvalue weighted by Crippen LogP contribution is -2.22. The molecule has 1 N–H and O–H groups in total. The van der Waals surface area contributed by atoms with Gasteiger partial charge in [0.25, 0.3) is 0 Å². The molecule has 0 saturated carbocycles. The molecule has 88 valence electrons. The number of aliphatic hydroxyl groups excluding tert-OH is 1. The van der Waals surface area contributed by atoms with Crippen LogP contribution in [0.3, 0.4) is 0 Å². The monoisotopic (exact) mass is 226 g/mol. The minimum atomic E-state index is -0.550. The second kappa shape index (κ2) is 3.94. The van der Waals surface area contributed by atoms with Crippen LogP contribution in [0, 0.1) is 0 Å². The Balaban J connectivity index is 2.55. The minimum absolute atomic E-state index is 0.0292. The normalized spacial score (nSPS) is 14.2. The van der Waals surface area contributed by atoms with Gasteiger partial charge in [-0.05, 0) is 17.7 Å². The van der Waals surface area contributed by atoms with Crippen molar-refractivity contribution in [2.75, 3.05) is 13.4 Å². The summed E-state index contributed by atoms with van der Waals surface area (Å²) in [6, 6.07) is 3.36. The van der Waals surface area contributed by atoms with Crippen molar-refractivity contribution in [3.63, 3.8) is 0 Å². The number of hydrogen-bond donors (Lipinski definition) is 1. The van der Waals surface area contributed by atoms with Crippen molar-refractivity contribution in [3.05, 3.63) is 23.3 Å². The molecule has 0 bridgehead atoms. The van der Waals surface area contributed by atoms with E-state index in [4.69, 9.17) is 9.47 Å². The van der Waals surface area contributed by atoms with E-state index in [0.717, 1.165) is 5.56 Å². The standard InChI is InChI=1S/C12H15FO3/c1-12(2,6-14)9-3-8(5-13)4-10-11(9)16-7-15-10/h3-4,14H,5-7H2,1-2H3. The zero-order chi connectivity index (χ0) is 11.8. The van der Waals surface area contributed by atoms with Crippen LogP contribution in [0.5, 0.6) is 11.5 Å². The van der Waals surface area contributed by atoms with Crippen LogP contribution in [0.25, 0.3) is 0 Å². The highest BCUT2D eigenvalue weighted by Gasteiger charge is 2.29. The number of hydrogen-bond acceptors (Lipinski definition) is 3. The highest BCUT2D eigenvalue weighted by atomic mass is 19.1. The van der Waals surface area contributed by atoms with E-state index in [0.29, 0.717) is 17.1 Å². The summed E-state index contributed by atoms with van der Waals surface area (Å²) in [7, 11) is 0. The summed E-state index contributed by atoms with van der Waals surface area (Å²) < 4.78 is 23.3. The molecule has 3 nitrogen and oxygen atoms in total. The van der Waals surface area contributed by atoms with Gasteiger partial charge in [-0.3, -0.25) is 0 Å². The fraction of sp³-hybridized carbons (Fsp3) is 0.500. The van der Waals surface area contributed by atoms with Gasteiger partial charge in [-0.1, -0.05) is 13.8 Å². The maximum absolute atomic E-state index is 12.7. The molecule has 0 spiro atoms. The fourth-order valence-electron chi connectivity index (χ4n) is 1.73. The lowest BCUT2D eigenvalue weighted by atomic mass is 9.84. The summed E-state index contributed by atoms with van der Waals surface area (Å²) in [4.78, 5) is 0. The molecule has 1 aliphatic rings. The summed E-state index contributed by atoms with van der Waals surface area (Å²) in [5, 5.41) is 9.35. The number of rotatable bonds is 3. The molecule has 0 unspecified atom stereocenters. The van der Waals surface area contributed by atoms with Crippen LogP contribution < -0.4 is 9.47 Å². The van der Waals surface area contributed by atoms with Crippen LogP contribution in [0.4, 0.5) is 4.39 Å². The molecule has 2 rings (SSSR count). The molecule has 1 aliphatic heterocycles. The first-order valence-corrected chi connectivity index (χ1v) is 5.18. The van der Waals surface area contributed by atoms with Crippen LogP contribution >= 0.6 is 0 Å². The van der Waals surface area contributed by atoms with Gasteiger partial charge in [-0.2, -0.15) is 0 Å². The molecule has 0 amide bonds. The van der Waals surface area contributed by atoms with Crippen molar-refractivity contribution in [2.24, 2.45) is 0 Å². The number of benzene rings is 1. The van der Waals surface area contributed by atoms with Gasteiger partial charge < -0.3 is 14.6 Å². The highest BCUT2D eigenvalue weighted by molar-refractivity contribution is 5.53. The second-order valence-corrected chi connectivity index (χ2v) is 4.55. The Morgan fingerprint density at radius 1 is 1.38 bits per heavy atom. The molecule has 1 aromatic rings. The summed E-state index contributed by atoms with van der Waals surface area (Å²) in [5.41, 5.74) is 0.863. The second-order valence-electron chi connectivity index (χ2n) is 4.55. The quantitative estimate of drug-likeness (QED) is 0.858. The third kappa shape index (κ3) is 1.73. The van der Waals surface area contributed by atoms with Gasteiger partial charge in [0.1, 0.15) is 6.67 Å². The van der Waals surface area contributed by atoms with Crippen molar-refractivity contribution < 1.29 is 19.0 Å². The van der Waals surface area contributed by atoms with Crippen molar-refractivity contribution in [3.8, 4) is 11.5 Å². The third-order valence-electron chi connectivity index (χ3n) is 2.81. The summed E-state index contributed by atoms with van der Waals surface area (Å²) >= 11 is 0. The molecule has 16 heavy (non-hydrogen) atoms. The molecule has 0 atom stereocenters. The van der Waals surface area contributed by atoms with Crippen LogP contribution in [0.2, 0.25) is 0 Å². The molecule has 0 radical (unpaired) electrons. The minimum Gasteiger partial charge on any atom is -0.454 e. The SMILES string of the molecule is CC(C)(CO)c1cc(CF)cc2c1OCO2. The molecule has 0 saturated heterocycles. The van der Waals surface area contributed by atoms with Gasteiger partial charge in [0.05, 0.1) is 6.61 Å². The third-order valence-corrected chi connectivity index (χ3v) is 2.81. The number of fused-ring (bicyclic) bond motifs is 1. The summed E-state index contributed by atoms with van der Waals surface area (Å²) in [6.45, 7) is 3.34. The van der Waals surface area contributed by atoms with Crippen molar-refractivity contribution in [1.82, 2.24) is 0 Å². The predicted molar refractivity (Wildman–Crippen MR) is 57.5 cm³/mol. The van der Waals surface area contributed by atoms with E-state index in [1.807, 2.05) is 13.8 Å². The Kier molecular flexibility index (Phi) is 2.76. The Hall–Kier alpha value is -1.29. The Morgan fingerprint density at radius 2 is 2.12 bits per heavy atom. The fourth-order valence-corrected chi connectivity index (χ4v) is 1.73. The molecule has 1 heterocycles. The Morgan fingerprint density at radius 3 is 2.75 bits per heavy atom. The number of alkyl halides is 1. The van der Waals surface area contributed by atoms with Gasteiger partial charge in [-0.25, -0.2) is 4.39 Å². The summed E-state index contributed by atoms with van der Waals surface area (Å²) in [6.07, 6.45) is 0. The zero-order valence-corrected chi connectivity index (χ0v) is 9.42. The Labute approximate surface area is 93.8 Å². The molecule has 0 aliphatic carbocycles. The van der Waals surface area contributed by atoms with E-state index < -0.39 is 12.1 Å². The number of aliphatic hydroxyl groups is 1. The first kappa shape index (κ1) is 11.2. The van der Waals surface area contributed by atoms with Crippen LogP contribution in [0.15, 0.2) is 12.1 Å². The van der Waals surface area contributed by atoms with Crippen molar-refractivity contribution >= 4 is 0 Å². The van der Waals surface area contributed by atoms with E-state index in [2.05, 4.69) is 0 Å². The van der Waals surface area contributed by atoms with Gasteiger partial charge in [-0.15, -0.1) is 0 Å². The zero-order valence-electron chi connectivity index (χ0n) is 9.42. The number of ether oxygens (including phenoxy) is 2. The summed E-state index contributed by atoms with van der Waals surface area (Å²) in [5.74, 6) is 1.18.